The van der Waals surface area contributed by atoms with E-state index in [1.807, 2.05) is 30.3 Å². The van der Waals surface area contributed by atoms with E-state index in [2.05, 4.69) is 26.1 Å². The highest BCUT2D eigenvalue weighted by molar-refractivity contribution is 5.77. The third-order valence-corrected chi connectivity index (χ3v) is 3.36. The molecule has 0 radical (unpaired) electrons. The van der Waals surface area contributed by atoms with Crippen molar-refractivity contribution < 1.29 is 14.7 Å². The van der Waals surface area contributed by atoms with E-state index < -0.39 is 5.97 Å². The molecular formula is C17H25NO3. The number of aliphatic carboxylic acids is 1. The summed E-state index contributed by atoms with van der Waals surface area (Å²) in [6.07, 6.45) is 0.241. The molecular weight excluding hydrogens is 266 g/mol. The van der Waals surface area contributed by atoms with Gasteiger partial charge in [-0.15, -0.1) is 0 Å². The maximum Gasteiger partial charge on any atom is 0.303 e. The minimum atomic E-state index is -0.870. The van der Waals surface area contributed by atoms with Crippen LogP contribution in [-0.2, 0) is 9.59 Å². The van der Waals surface area contributed by atoms with Crippen LogP contribution < -0.4 is 5.32 Å². The zero-order chi connectivity index (χ0) is 16.0. The summed E-state index contributed by atoms with van der Waals surface area (Å²) >= 11 is 0. The van der Waals surface area contributed by atoms with Crippen molar-refractivity contribution in [3.63, 3.8) is 0 Å². The summed E-state index contributed by atoms with van der Waals surface area (Å²) in [5.74, 6) is -1.14. The van der Waals surface area contributed by atoms with Gasteiger partial charge in [-0.25, -0.2) is 0 Å². The minimum Gasteiger partial charge on any atom is -0.481 e. The molecule has 0 aromatic heterocycles. The number of carboxylic acid groups (broad SMARTS) is 1. The van der Waals surface area contributed by atoms with Gasteiger partial charge in [0, 0.05) is 12.8 Å². The third kappa shape index (κ3) is 5.98. The van der Waals surface area contributed by atoms with Gasteiger partial charge in [0.2, 0.25) is 5.91 Å². The Morgan fingerprint density at radius 2 is 1.71 bits per heavy atom. The van der Waals surface area contributed by atoms with Crippen LogP contribution in [0.4, 0.5) is 0 Å². The first-order valence-corrected chi connectivity index (χ1v) is 7.26. The van der Waals surface area contributed by atoms with E-state index in [0.717, 1.165) is 5.56 Å². The van der Waals surface area contributed by atoms with Gasteiger partial charge in [-0.1, -0.05) is 58.0 Å². The van der Waals surface area contributed by atoms with E-state index in [4.69, 9.17) is 5.11 Å². The van der Waals surface area contributed by atoms with Crippen LogP contribution in [0.15, 0.2) is 30.3 Å². The fourth-order valence-corrected chi connectivity index (χ4v) is 2.35. The molecule has 21 heavy (non-hydrogen) atoms. The summed E-state index contributed by atoms with van der Waals surface area (Å²) < 4.78 is 0. The normalized spacial score (nSPS) is 14.3. The zero-order valence-electron chi connectivity index (χ0n) is 13.2. The molecule has 0 bridgehead atoms. The number of nitrogens with one attached hydrogen (secondary N) is 1. The zero-order valence-corrected chi connectivity index (χ0v) is 13.2. The Morgan fingerprint density at radius 3 is 2.19 bits per heavy atom. The summed E-state index contributed by atoms with van der Waals surface area (Å²) in [5, 5.41) is 11.8. The van der Waals surface area contributed by atoms with Crippen molar-refractivity contribution in [3.8, 4) is 0 Å². The number of rotatable bonds is 6. The number of carbonyl (C=O) groups is 2. The lowest BCUT2D eigenvalue weighted by Gasteiger charge is -2.32. The van der Waals surface area contributed by atoms with Gasteiger partial charge in [0.1, 0.15) is 0 Å². The summed E-state index contributed by atoms with van der Waals surface area (Å²) in [6, 6.07) is 9.75. The van der Waals surface area contributed by atoms with Crippen LogP contribution in [0, 0.1) is 11.3 Å². The Hall–Kier alpha value is -1.84. The number of carboxylic acids is 1. The lowest BCUT2D eigenvalue weighted by Crippen LogP contribution is -2.37. The quantitative estimate of drug-likeness (QED) is 0.844. The van der Waals surface area contributed by atoms with Gasteiger partial charge in [0.15, 0.2) is 0 Å². The summed E-state index contributed by atoms with van der Waals surface area (Å²) in [5.41, 5.74) is 0.941. The van der Waals surface area contributed by atoms with Crippen molar-refractivity contribution >= 4 is 11.9 Å². The third-order valence-electron chi connectivity index (χ3n) is 3.36. The predicted octanol–water partition coefficient (Wildman–Crippen LogP) is 3.39. The van der Waals surface area contributed by atoms with Gasteiger partial charge >= 0.3 is 5.97 Å². The maximum absolute atomic E-state index is 12.2. The molecule has 0 spiro atoms. The second kappa shape index (κ2) is 7.25. The minimum absolute atomic E-state index is 0.0128. The molecule has 0 saturated heterocycles. The molecule has 2 atom stereocenters. The second-order valence-corrected chi connectivity index (χ2v) is 6.68. The molecule has 2 unspecified atom stereocenters. The number of amides is 1. The smallest absolute Gasteiger partial charge is 0.303 e. The summed E-state index contributed by atoms with van der Waals surface area (Å²) in [6.45, 7) is 8.01. The van der Waals surface area contributed by atoms with E-state index >= 15 is 0 Å². The highest BCUT2D eigenvalue weighted by atomic mass is 16.4. The predicted molar refractivity (Wildman–Crippen MR) is 82.8 cm³/mol. The first-order chi connectivity index (χ1) is 9.70. The molecule has 1 aromatic carbocycles. The highest BCUT2D eigenvalue weighted by Crippen LogP contribution is 2.32. The number of benzene rings is 1. The second-order valence-electron chi connectivity index (χ2n) is 6.68. The van der Waals surface area contributed by atoms with Gasteiger partial charge < -0.3 is 10.4 Å². The Morgan fingerprint density at radius 1 is 1.14 bits per heavy atom. The Bertz CT molecular complexity index is 477. The average Bonchev–Trinajstić information content (AvgIpc) is 2.34. The Kier molecular flexibility index (Phi) is 5.94. The van der Waals surface area contributed by atoms with Crippen LogP contribution in [0.1, 0.15) is 52.1 Å². The van der Waals surface area contributed by atoms with Crippen LogP contribution in [0.3, 0.4) is 0 Å². The standard InChI is InChI=1S/C17H25NO3/c1-12(11-15(20)21)10-14(19)18-16(17(2,3)4)13-8-6-5-7-9-13/h5-9,12,16H,10-11H2,1-4H3,(H,18,19)(H,20,21). The van der Waals surface area contributed by atoms with Crippen molar-refractivity contribution in [1.29, 1.82) is 0 Å². The topological polar surface area (TPSA) is 66.4 Å². The molecule has 0 aliphatic heterocycles. The average molecular weight is 291 g/mol. The molecule has 0 fully saturated rings. The Labute approximate surface area is 126 Å². The van der Waals surface area contributed by atoms with Crippen molar-refractivity contribution in [2.24, 2.45) is 11.3 Å². The van der Waals surface area contributed by atoms with Gasteiger partial charge in [-0.2, -0.15) is 0 Å². The molecule has 4 heteroatoms. The molecule has 0 heterocycles. The lowest BCUT2D eigenvalue weighted by molar-refractivity contribution is -0.138. The van der Waals surface area contributed by atoms with Crippen LogP contribution >= 0.6 is 0 Å². The number of hydrogen-bond acceptors (Lipinski definition) is 2. The maximum atomic E-state index is 12.2. The fourth-order valence-electron chi connectivity index (χ4n) is 2.35. The van der Waals surface area contributed by atoms with Crippen molar-refractivity contribution in [1.82, 2.24) is 5.32 Å². The van der Waals surface area contributed by atoms with E-state index in [-0.39, 0.29) is 36.1 Å². The van der Waals surface area contributed by atoms with Crippen LogP contribution in [0.25, 0.3) is 0 Å². The number of hydrogen-bond donors (Lipinski definition) is 2. The van der Waals surface area contributed by atoms with E-state index in [9.17, 15) is 9.59 Å². The van der Waals surface area contributed by atoms with Gasteiger partial charge in [-0.3, -0.25) is 9.59 Å². The van der Waals surface area contributed by atoms with Crippen LogP contribution in [-0.4, -0.2) is 17.0 Å². The molecule has 116 valence electrons. The van der Waals surface area contributed by atoms with Crippen molar-refractivity contribution in [3.05, 3.63) is 35.9 Å². The van der Waals surface area contributed by atoms with E-state index in [1.165, 1.54) is 0 Å². The molecule has 2 N–H and O–H groups in total. The molecule has 1 rings (SSSR count). The SMILES string of the molecule is CC(CC(=O)O)CC(=O)NC(c1ccccc1)C(C)(C)C. The van der Waals surface area contributed by atoms with Crippen molar-refractivity contribution in [2.45, 2.75) is 46.6 Å². The first kappa shape index (κ1) is 17.2. The molecule has 1 amide bonds. The van der Waals surface area contributed by atoms with Crippen LogP contribution in [0.5, 0.6) is 0 Å². The molecule has 0 aliphatic rings. The molecule has 0 saturated carbocycles. The molecule has 4 nitrogen and oxygen atoms in total. The molecule has 1 aromatic rings. The van der Waals surface area contributed by atoms with E-state index in [0.29, 0.717) is 0 Å². The van der Waals surface area contributed by atoms with Gasteiger partial charge in [0.05, 0.1) is 6.04 Å². The highest BCUT2D eigenvalue weighted by Gasteiger charge is 2.28. The van der Waals surface area contributed by atoms with E-state index in [1.54, 1.807) is 6.92 Å². The molecule has 0 aliphatic carbocycles. The van der Waals surface area contributed by atoms with Crippen molar-refractivity contribution in [2.75, 3.05) is 0 Å². The monoisotopic (exact) mass is 291 g/mol. The number of carbonyl (C=O) groups excluding carboxylic acids is 1. The van der Waals surface area contributed by atoms with Crippen LogP contribution in [0.2, 0.25) is 0 Å². The summed E-state index contributed by atoms with van der Waals surface area (Å²) in [4.78, 5) is 22.8. The fraction of sp³-hybridized carbons (Fsp3) is 0.529. The van der Waals surface area contributed by atoms with Gasteiger partial charge in [0.25, 0.3) is 0 Å². The van der Waals surface area contributed by atoms with Gasteiger partial charge in [-0.05, 0) is 16.9 Å². The first-order valence-electron chi connectivity index (χ1n) is 7.26. The Balaban J connectivity index is 2.75. The summed E-state index contributed by atoms with van der Waals surface area (Å²) in [7, 11) is 0. The lowest BCUT2D eigenvalue weighted by atomic mass is 9.82. The largest absolute Gasteiger partial charge is 0.481 e.